The Hall–Kier alpha value is -3.87. The first-order chi connectivity index (χ1) is 17.0. The number of nitrogens with zero attached hydrogens (tertiary/aromatic N) is 1. The Balaban J connectivity index is 1.57. The van der Waals surface area contributed by atoms with Gasteiger partial charge in [-0.15, -0.1) is 0 Å². The third-order valence-electron chi connectivity index (χ3n) is 5.95. The minimum atomic E-state index is -0.702. The number of likely N-dealkylation sites (N-methyl/N-ethyl adjacent to an activating group) is 1. The van der Waals surface area contributed by atoms with E-state index in [0.29, 0.717) is 30.9 Å². The molecule has 4 rings (SSSR count). The number of fused-ring (bicyclic) bond motifs is 1. The molecule has 0 saturated carbocycles. The third kappa shape index (κ3) is 6.38. The second kappa shape index (κ2) is 11.5. The van der Waals surface area contributed by atoms with Crippen LogP contribution in [0, 0.1) is 5.82 Å². The lowest BCUT2D eigenvalue weighted by Gasteiger charge is -2.31. The highest BCUT2D eigenvalue weighted by Crippen LogP contribution is 2.33. The van der Waals surface area contributed by atoms with E-state index in [1.807, 2.05) is 55.5 Å². The van der Waals surface area contributed by atoms with Gasteiger partial charge < -0.3 is 19.7 Å². The fourth-order valence-corrected chi connectivity index (χ4v) is 4.12. The van der Waals surface area contributed by atoms with Gasteiger partial charge in [-0.3, -0.25) is 9.59 Å². The standard InChI is InChI=1S/C28H29FN2O4/c1-2-30-28(33)24(16-20-6-4-3-5-7-20)31(18-22-8-12-23(29)13-9-22)27(32)15-11-21-10-14-25-26(17-21)35-19-34-25/h3-10,12-14,17,24H,2,11,15-16,18-19H2,1H3,(H,30,33)/t24-/m0/s1. The molecule has 6 nitrogen and oxygen atoms in total. The van der Waals surface area contributed by atoms with Gasteiger partial charge >= 0.3 is 0 Å². The molecule has 1 N–H and O–H groups in total. The summed E-state index contributed by atoms with van der Waals surface area (Å²) in [5, 5.41) is 2.87. The molecule has 182 valence electrons. The van der Waals surface area contributed by atoms with Gasteiger partial charge in [-0.25, -0.2) is 4.39 Å². The Morgan fingerprint density at radius 1 is 0.943 bits per heavy atom. The van der Waals surface area contributed by atoms with E-state index in [0.717, 1.165) is 16.7 Å². The van der Waals surface area contributed by atoms with Crippen molar-refractivity contribution in [3.05, 3.63) is 95.3 Å². The Labute approximate surface area is 204 Å². The molecule has 1 aliphatic rings. The number of benzene rings is 3. The highest BCUT2D eigenvalue weighted by atomic mass is 19.1. The van der Waals surface area contributed by atoms with Gasteiger partial charge in [-0.2, -0.15) is 0 Å². The summed E-state index contributed by atoms with van der Waals surface area (Å²) in [6.07, 6.45) is 1.08. The average Bonchev–Trinajstić information content (AvgIpc) is 3.34. The monoisotopic (exact) mass is 476 g/mol. The number of halogens is 1. The number of hydrogen-bond donors (Lipinski definition) is 1. The summed E-state index contributed by atoms with van der Waals surface area (Å²) in [5.74, 6) is 0.646. The van der Waals surface area contributed by atoms with Crippen LogP contribution in [0.2, 0.25) is 0 Å². The first-order valence-electron chi connectivity index (χ1n) is 11.8. The molecule has 0 unspecified atom stereocenters. The minimum Gasteiger partial charge on any atom is -0.454 e. The van der Waals surface area contributed by atoms with Crippen LogP contribution in [-0.4, -0.2) is 36.1 Å². The van der Waals surface area contributed by atoms with Crippen molar-refractivity contribution in [2.45, 2.75) is 38.8 Å². The lowest BCUT2D eigenvalue weighted by atomic mass is 10.0. The van der Waals surface area contributed by atoms with E-state index < -0.39 is 6.04 Å². The lowest BCUT2D eigenvalue weighted by Crippen LogP contribution is -2.50. The van der Waals surface area contributed by atoms with E-state index in [9.17, 15) is 14.0 Å². The number of hydrogen-bond acceptors (Lipinski definition) is 4. The summed E-state index contributed by atoms with van der Waals surface area (Å²) in [7, 11) is 0. The second-order valence-electron chi connectivity index (χ2n) is 8.44. The average molecular weight is 477 g/mol. The van der Waals surface area contributed by atoms with Crippen molar-refractivity contribution < 1.29 is 23.5 Å². The predicted octanol–water partition coefficient (Wildman–Crippen LogP) is 4.26. The highest BCUT2D eigenvalue weighted by molar-refractivity contribution is 5.88. The Kier molecular flexibility index (Phi) is 7.98. The van der Waals surface area contributed by atoms with Crippen LogP contribution < -0.4 is 14.8 Å². The Bertz CT molecular complexity index is 1150. The molecule has 1 aliphatic heterocycles. The van der Waals surface area contributed by atoms with Crippen molar-refractivity contribution in [1.29, 1.82) is 0 Å². The summed E-state index contributed by atoms with van der Waals surface area (Å²) in [6.45, 7) is 2.70. The SMILES string of the molecule is CCNC(=O)[C@H](Cc1ccccc1)N(Cc1ccc(F)cc1)C(=O)CCc1ccc2c(c1)OCO2. The second-order valence-corrected chi connectivity index (χ2v) is 8.44. The van der Waals surface area contributed by atoms with Crippen molar-refractivity contribution >= 4 is 11.8 Å². The molecule has 1 atom stereocenters. The molecule has 0 aromatic heterocycles. The number of carbonyl (C=O) groups is 2. The van der Waals surface area contributed by atoms with Gasteiger partial charge in [-0.1, -0.05) is 48.5 Å². The van der Waals surface area contributed by atoms with E-state index in [-0.39, 0.29) is 37.4 Å². The lowest BCUT2D eigenvalue weighted by molar-refractivity contribution is -0.141. The zero-order chi connectivity index (χ0) is 24.6. The van der Waals surface area contributed by atoms with Gasteiger partial charge in [0.1, 0.15) is 11.9 Å². The molecular formula is C28H29FN2O4. The summed E-state index contributed by atoms with van der Waals surface area (Å²) in [4.78, 5) is 28.3. The molecule has 0 bridgehead atoms. The first kappa shape index (κ1) is 24.3. The molecule has 0 spiro atoms. The van der Waals surface area contributed by atoms with Gasteiger partial charge in [-0.05, 0) is 54.3 Å². The van der Waals surface area contributed by atoms with Gasteiger partial charge in [0.15, 0.2) is 11.5 Å². The molecule has 1 heterocycles. The maximum Gasteiger partial charge on any atom is 0.243 e. The first-order valence-corrected chi connectivity index (χ1v) is 11.8. The predicted molar refractivity (Wildman–Crippen MR) is 130 cm³/mol. The van der Waals surface area contributed by atoms with E-state index in [1.54, 1.807) is 17.0 Å². The van der Waals surface area contributed by atoms with Crippen LogP contribution in [0.3, 0.4) is 0 Å². The van der Waals surface area contributed by atoms with Crippen LogP contribution in [0.25, 0.3) is 0 Å². The molecule has 35 heavy (non-hydrogen) atoms. The quantitative estimate of drug-likeness (QED) is 0.475. The summed E-state index contributed by atoms with van der Waals surface area (Å²) < 4.78 is 24.3. The van der Waals surface area contributed by atoms with Crippen LogP contribution in [0.4, 0.5) is 4.39 Å². The fourth-order valence-electron chi connectivity index (χ4n) is 4.12. The van der Waals surface area contributed by atoms with E-state index in [2.05, 4.69) is 5.32 Å². The maximum atomic E-state index is 13.6. The van der Waals surface area contributed by atoms with Crippen LogP contribution in [0.5, 0.6) is 11.5 Å². The highest BCUT2D eigenvalue weighted by Gasteiger charge is 2.30. The van der Waals surface area contributed by atoms with Crippen LogP contribution >= 0.6 is 0 Å². The van der Waals surface area contributed by atoms with E-state index in [4.69, 9.17) is 9.47 Å². The molecular weight excluding hydrogens is 447 g/mol. The number of amides is 2. The molecule has 3 aromatic carbocycles. The van der Waals surface area contributed by atoms with Crippen molar-refractivity contribution in [2.75, 3.05) is 13.3 Å². The third-order valence-corrected chi connectivity index (χ3v) is 5.95. The zero-order valence-electron chi connectivity index (χ0n) is 19.7. The van der Waals surface area contributed by atoms with Crippen molar-refractivity contribution in [2.24, 2.45) is 0 Å². The molecule has 2 amide bonds. The summed E-state index contributed by atoms with van der Waals surface area (Å²) >= 11 is 0. The minimum absolute atomic E-state index is 0.154. The number of rotatable bonds is 10. The number of aryl methyl sites for hydroxylation is 1. The smallest absolute Gasteiger partial charge is 0.243 e. The largest absolute Gasteiger partial charge is 0.454 e. The molecule has 0 radical (unpaired) electrons. The number of ether oxygens (including phenoxy) is 2. The van der Waals surface area contributed by atoms with Crippen molar-refractivity contribution in [3.63, 3.8) is 0 Å². The van der Waals surface area contributed by atoms with E-state index in [1.165, 1.54) is 12.1 Å². The number of nitrogens with one attached hydrogen (secondary N) is 1. The van der Waals surface area contributed by atoms with Gasteiger partial charge in [0.2, 0.25) is 18.6 Å². The molecule has 0 aliphatic carbocycles. The Morgan fingerprint density at radius 3 is 2.40 bits per heavy atom. The van der Waals surface area contributed by atoms with Crippen LogP contribution in [0.1, 0.15) is 30.0 Å². The maximum absolute atomic E-state index is 13.6. The van der Waals surface area contributed by atoms with Crippen molar-refractivity contribution in [3.8, 4) is 11.5 Å². The van der Waals surface area contributed by atoms with Crippen LogP contribution in [-0.2, 0) is 29.0 Å². The zero-order valence-corrected chi connectivity index (χ0v) is 19.7. The van der Waals surface area contributed by atoms with E-state index >= 15 is 0 Å². The molecule has 3 aromatic rings. The van der Waals surface area contributed by atoms with Gasteiger partial charge in [0.05, 0.1) is 0 Å². The fraction of sp³-hybridized carbons (Fsp3) is 0.286. The molecule has 7 heteroatoms. The van der Waals surface area contributed by atoms with Crippen LogP contribution in [0.15, 0.2) is 72.8 Å². The summed E-state index contributed by atoms with van der Waals surface area (Å²) in [5.41, 5.74) is 2.66. The number of carbonyl (C=O) groups excluding carboxylic acids is 2. The van der Waals surface area contributed by atoms with Gasteiger partial charge in [0, 0.05) is 25.9 Å². The molecule has 0 fully saturated rings. The normalized spacial score (nSPS) is 12.7. The summed E-state index contributed by atoms with van der Waals surface area (Å²) in [6, 6.07) is 20.6. The van der Waals surface area contributed by atoms with Gasteiger partial charge in [0.25, 0.3) is 0 Å². The van der Waals surface area contributed by atoms with Crippen molar-refractivity contribution in [1.82, 2.24) is 10.2 Å². The molecule has 0 saturated heterocycles. The topological polar surface area (TPSA) is 67.9 Å². The Morgan fingerprint density at radius 2 is 1.66 bits per heavy atom.